The number of carbonyl (C=O) groups is 1. The van der Waals surface area contributed by atoms with Crippen molar-refractivity contribution < 1.29 is 14.3 Å². The molecule has 0 aliphatic heterocycles. The molecular formula is C19H25NO3. The smallest absolute Gasteiger partial charge is 0.230 e. The summed E-state index contributed by atoms with van der Waals surface area (Å²) in [7, 11) is 0. The molecule has 1 heterocycles. The van der Waals surface area contributed by atoms with Gasteiger partial charge in [-0.3, -0.25) is 4.79 Å². The highest BCUT2D eigenvalue weighted by Crippen LogP contribution is 2.25. The lowest BCUT2D eigenvalue weighted by molar-refractivity contribution is -0.126. The molecule has 0 saturated carbocycles. The summed E-state index contributed by atoms with van der Waals surface area (Å²) in [6, 6.07) is 11.3. The summed E-state index contributed by atoms with van der Waals surface area (Å²) < 4.78 is 5.19. The van der Waals surface area contributed by atoms with Crippen molar-refractivity contribution in [3.8, 4) is 0 Å². The molecule has 1 aromatic carbocycles. The van der Waals surface area contributed by atoms with E-state index in [9.17, 15) is 9.90 Å². The zero-order valence-electron chi connectivity index (χ0n) is 14.2. The molecular weight excluding hydrogens is 290 g/mol. The first kappa shape index (κ1) is 17.3. The van der Waals surface area contributed by atoms with E-state index in [1.54, 1.807) is 12.1 Å². The third-order valence-electron chi connectivity index (χ3n) is 4.17. The lowest BCUT2D eigenvalue weighted by Crippen LogP contribution is -2.44. The molecule has 0 aliphatic carbocycles. The van der Waals surface area contributed by atoms with Gasteiger partial charge in [0.05, 0.1) is 11.7 Å². The topological polar surface area (TPSA) is 62.5 Å². The summed E-state index contributed by atoms with van der Waals surface area (Å²) in [6.07, 6.45) is 1.22. The van der Waals surface area contributed by atoms with Crippen molar-refractivity contribution in [2.24, 2.45) is 0 Å². The monoisotopic (exact) mass is 315 g/mol. The van der Waals surface area contributed by atoms with Gasteiger partial charge >= 0.3 is 0 Å². The molecule has 23 heavy (non-hydrogen) atoms. The third-order valence-corrected chi connectivity index (χ3v) is 4.17. The maximum absolute atomic E-state index is 12.6. The van der Waals surface area contributed by atoms with Gasteiger partial charge in [-0.15, -0.1) is 0 Å². The first-order chi connectivity index (χ1) is 10.8. The lowest BCUT2D eigenvalue weighted by atomic mass is 9.83. The van der Waals surface area contributed by atoms with E-state index in [-0.39, 0.29) is 11.9 Å². The van der Waals surface area contributed by atoms with E-state index in [1.165, 1.54) is 11.8 Å². The highest BCUT2D eigenvalue weighted by atomic mass is 16.4. The van der Waals surface area contributed by atoms with E-state index >= 15 is 0 Å². The molecule has 2 rings (SSSR count). The van der Waals surface area contributed by atoms with Gasteiger partial charge in [-0.05, 0) is 45.4 Å². The number of carbonyl (C=O) groups excluding carboxylic acids is 1. The number of rotatable bonds is 6. The predicted molar refractivity (Wildman–Crippen MR) is 90.1 cm³/mol. The number of nitrogens with one attached hydrogen (secondary N) is 1. The fraction of sp³-hybridized carbons (Fsp3) is 0.421. The molecule has 0 bridgehead atoms. The number of hydrogen-bond acceptors (Lipinski definition) is 3. The van der Waals surface area contributed by atoms with Crippen LogP contribution in [0, 0.1) is 6.92 Å². The van der Waals surface area contributed by atoms with Gasteiger partial charge < -0.3 is 14.8 Å². The van der Waals surface area contributed by atoms with Gasteiger partial charge in [-0.1, -0.05) is 29.8 Å². The first-order valence-corrected chi connectivity index (χ1v) is 7.90. The number of aliphatic hydroxyl groups excluding tert-OH is 1. The molecule has 1 amide bonds. The van der Waals surface area contributed by atoms with Crippen molar-refractivity contribution >= 4 is 5.91 Å². The van der Waals surface area contributed by atoms with Gasteiger partial charge in [0, 0.05) is 12.5 Å². The van der Waals surface area contributed by atoms with Crippen molar-refractivity contribution in [2.75, 3.05) is 0 Å². The van der Waals surface area contributed by atoms with E-state index in [0.29, 0.717) is 12.2 Å². The summed E-state index contributed by atoms with van der Waals surface area (Å²) in [5.74, 6) is 0.462. The fourth-order valence-electron chi connectivity index (χ4n) is 2.50. The van der Waals surface area contributed by atoms with E-state index in [0.717, 1.165) is 5.56 Å². The van der Waals surface area contributed by atoms with Crippen molar-refractivity contribution in [2.45, 2.75) is 51.7 Å². The number of aliphatic hydroxyl groups is 1. The fourth-order valence-corrected chi connectivity index (χ4v) is 2.50. The average Bonchev–Trinajstić information content (AvgIpc) is 3.01. The maximum Gasteiger partial charge on any atom is 0.230 e. The van der Waals surface area contributed by atoms with Crippen molar-refractivity contribution in [1.82, 2.24) is 5.32 Å². The summed E-state index contributed by atoms with van der Waals surface area (Å²) in [4.78, 5) is 12.6. The molecule has 2 N–H and O–H groups in total. The highest BCUT2D eigenvalue weighted by Gasteiger charge is 2.31. The Morgan fingerprint density at radius 3 is 2.48 bits per heavy atom. The van der Waals surface area contributed by atoms with Crippen LogP contribution < -0.4 is 5.32 Å². The SMILES string of the molecule is Cc1ccc(C(C)(C)C(=O)NC(C)CC(O)c2ccco2)cc1. The number of furan rings is 1. The minimum atomic E-state index is -0.720. The minimum Gasteiger partial charge on any atom is -0.467 e. The summed E-state index contributed by atoms with van der Waals surface area (Å²) in [5, 5.41) is 13.1. The molecule has 1 aromatic heterocycles. The molecule has 2 unspecified atom stereocenters. The molecule has 2 aromatic rings. The van der Waals surface area contributed by atoms with Crippen LogP contribution in [0.3, 0.4) is 0 Å². The van der Waals surface area contributed by atoms with E-state index in [4.69, 9.17) is 4.42 Å². The van der Waals surface area contributed by atoms with Crippen molar-refractivity contribution in [3.63, 3.8) is 0 Å². The van der Waals surface area contributed by atoms with Crippen LogP contribution in [0.1, 0.15) is 50.2 Å². The van der Waals surface area contributed by atoms with Crippen LogP contribution >= 0.6 is 0 Å². The summed E-state index contributed by atoms with van der Waals surface area (Å²) in [5.41, 5.74) is 1.51. The zero-order chi connectivity index (χ0) is 17.0. The minimum absolute atomic E-state index is 0.0551. The Morgan fingerprint density at radius 2 is 1.91 bits per heavy atom. The second-order valence-corrected chi connectivity index (χ2v) is 6.63. The first-order valence-electron chi connectivity index (χ1n) is 7.90. The Bertz CT molecular complexity index is 629. The van der Waals surface area contributed by atoms with Gasteiger partial charge in [-0.2, -0.15) is 0 Å². The van der Waals surface area contributed by atoms with Crippen molar-refractivity contribution in [1.29, 1.82) is 0 Å². The molecule has 0 saturated heterocycles. The second-order valence-electron chi connectivity index (χ2n) is 6.63. The second kappa shape index (κ2) is 7.01. The molecule has 124 valence electrons. The Morgan fingerprint density at radius 1 is 1.26 bits per heavy atom. The Hall–Kier alpha value is -2.07. The lowest BCUT2D eigenvalue weighted by Gasteiger charge is -2.27. The number of aryl methyl sites for hydroxylation is 1. The number of benzene rings is 1. The predicted octanol–water partition coefficient (Wildman–Crippen LogP) is 3.49. The maximum atomic E-state index is 12.6. The van der Waals surface area contributed by atoms with Gasteiger partial charge in [0.2, 0.25) is 5.91 Å². The van der Waals surface area contributed by atoms with Crippen LogP contribution in [0.4, 0.5) is 0 Å². The quantitative estimate of drug-likeness (QED) is 0.857. The van der Waals surface area contributed by atoms with E-state index in [1.807, 2.05) is 52.0 Å². The molecule has 0 radical (unpaired) electrons. The standard InChI is InChI=1S/C19H25NO3/c1-13-7-9-15(10-8-13)19(3,4)18(22)20-14(2)12-16(21)17-6-5-11-23-17/h5-11,14,16,21H,12H2,1-4H3,(H,20,22). The average molecular weight is 315 g/mol. The van der Waals surface area contributed by atoms with Gasteiger partial charge in [0.15, 0.2) is 0 Å². The molecule has 0 spiro atoms. The molecule has 0 aliphatic rings. The third kappa shape index (κ3) is 4.23. The Balaban J connectivity index is 1.98. The normalized spacial score (nSPS) is 14.3. The van der Waals surface area contributed by atoms with Crippen LogP contribution in [0.2, 0.25) is 0 Å². The molecule has 2 atom stereocenters. The largest absolute Gasteiger partial charge is 0.467 e. The highest BCUT2D eigenvalue weighted by molar-refractivity contribution is 5.87. The van der Waals surface area contributed by atoms with Crippen LogP contribution in [-0.2, 0) is 10.2 Å². The van der Waals surface area contributed by atoms with Gasteiger partial charge in [0.25, 0.3) is 0 Å². The van der Waals surface area contributed by atoms with E-state index in [2.05, 4.69) is 5.32 Å². The molecule has 4 nitrogen and oxygen atoms in total. The van der Waals surface area contributed by atoms with Gasteiger partial charge in [0.1, 0.15) is 11.9 Å². The van der Waals surface area contributed by atoms with E-state index < -0.39 is 11.5 Å². The van der Waals surface area contributed by atoms with Crippen LogP contribution in [0.15, 0.2) is 47.1 Å². The summed E-state index contributed by atoms with van der Waals surface area (Å²) >= 11 is 0. The Labute approximate surface area is 137 Å². The molecule has 0 fully saturated rings. The van der Waals surface area contributed by atoms with Gasteiger partial charge in [-0.25, -0.2) is 0 Å². The number of hydrogen-bond donors (Lipinski definition) is 2. The van der Waals surface area contributed by atoms with Crippen LogP contribution in [0.5, 0.6) is 0 Å². The molecule has 4 heteroatoms. The van der Waals surface area contributed by atoms with Crippen LogP contribution in [-0.4, -0.2) is 17.1 Å². The Kier molecular flexibility index (Phi) is 5.26. The zero-order valence-corrected chi connectivity index (χ0v) is 14.2. The van der Waals surface area contributed by atoms with Crippen molar-refractivity contribution in [3.05, 3.63) is 59.5 Å². The number of amides is 1. The summed E-state index contributed by atoms with van der Waals surface area (Å²) in [6.45, 7) is 7.72. The van der Waals surface area contributed by atoms with Crippen LogP contribution in [0.25, 0.3) is 0 Å².